The Bertz CT molecular complexity index is 1270. The number of aromatic nitrogens is 4. The molecule has 0 fully saturated rings. The van der Waals surface area contributed by atoms with Gasteiger partial charge in [0.15, 0.2) is 11.5 Å². The second-order valence-electron chi connectivity index (χ2n) is 8.71. The minimum Gasteiger partial charge on any atom is -0.496 e. The molecular weight excluding hydrogens is 422 g/mol. The third-order valence-corrected chi connectivity index (χ3v) is 6.45. The maximum absolute atomic E-state index is 5.54. The van der Waals surface area contributed by atoms with Crippen LogP contribution in [0.5, 0.6) is 5.75 Å². The predicted octanol–water partition coefficient (Wildman–Crippen LogP) is 3.79. The Hall–Kier alpha value is -2.97. The Kier molecular flexibility index (Phi) is 6.17. The van der Waals surface area contributed by atoms with Crippen molar-refractivity contribution in [3.8, 4) is 17.1 Å². The summed E-state index contributed by atoms with van der Waals surface area (Å²) in [6, 6.07) is 12.1. The van der Waals surface area contributed by atoms with Crippen LogP contribution in [0.3, 0.4) is 0 Å². The average molecular weight is 452 g/mol. The zero-order valence-corrected chi connectivity index (χ0v) is 20.2. The number of rotatable bonds is 7. The number of benzene rings is 1. The molecule has 0 saturated carbocycles. The van der Waals surface area contributed by atoms with Crippen LogP contribution in [0.1, 0.15) is 31.3 Å². The lowest BCUT2D eigenvalue weighted by molar-refractivity contribution is 0.206. The van der Waals surface area contributed by atoms with Gasteiger partial charge in [-0.25, -0.2) is 0 Å². The summed E-state index contributed by atoms with van der Waals surface area (Å²) in [5, 5.41) is 16.1. The van der Waals surface area contributed by atoms with Crippen molar-refractivity contribution >= 4 is 28.1 Å². The van der Waals surface area contributed by atoms with Crippen molar-refractivity contribution in [2.24, 2.45) is 0 Å². The van der Waals surface area contributed by atoms with Crippen molar-refractivity contribution in [1.29, 1.82) is 0 Å². The summed E-state index contributed by atoms with van der Waals surface area (Å²) in [5.74, 6) is 1.42. The highest BCUT2D eigenvalue weighted by molar-refractivity contribution is 7.16. The topological polar surface area (TPSA) is 64.8 Å². The van der Waals surface area contributed by atoms with E-state index in [9.17, 15) is 0 Å². The highest BCUT2D eigenvalue weighted by atomic mass is 32.1. The maximum Gasteiger partial charge on any atom is 0.189 e. The number of methoxy groups -OCH3 is 2. The molecule has 0 atom stereocenters. The lowest BCUT2D eigenvalue weighted by atomic mass is 9.91. The van der Waals surface area contributed by atoms with Gasteiger partial charge in [0.25, 0.3) is 0 Å². The number of anilines is 1. The first-order valence-corrected chi connectivity index (χ1v) is 11.4. The number of nitrogens with zero attached hydrogens (tertiary/aromatic N) is 5. The summed E-state index contributed by atoms with van der Waals surface area (Å²) < 4.78 is 12.6. The molecule has 168 valence electrons. The fraction of sp³-hybridized carbons (Fsp3) is 0.375. The van der Waals surface area contributed by atoms with Gasteiger partial charge in [-0.05, 0) is 30.3 Å². The highest BCUT2D eigenvalue weighted by Gasteiger charge is 2.25. The van der Waals surface area contributed by atoms with Gasteiger partial charge in [-0.2, -0.15) is 9.61 Å². The first-order valence-electron chi connectivity index (χ1n) is 10.5. The van der Waals surface area contributed by atoms with E-state index in [1.165, 1.54) is 5.00 Å². The predicted molar refractivity (Wildman–Crippen MR) is 130 cm³/mol. The number of hydrogen-bond acceptors (Lipinski definition) is 7. The van der Waals surface area contributed by atoms with E-state index in [4.69, 9.17) is 14.6 Å². The van der Waals surface area contributed by atoms with Gasteiger partial charge in [-0.3, -0.25) is 0 Å². The summed E-state index contributed by atoms with van der Waals surface area (Å²) in [7, 11) is 5.46. The summed E-state index contributed by atoms with van der Waals surface area (Å²) in [4.78, 5) is 3.35. The molecule has 0 aliphatic carbocycles. The molecule has 32 heavy (non-hydrogen) atoms. The van der Waals surface area contributed by atoms with Crippen LogP contribution < -0.4 is 14.9 Å². The fourth-order valence-corrected chi connectivity index (χ4v) is 4.53. The zero-order valence-electron chi connectivity index (χ0n) is 19.4. The van der Waals surface area contributed by atoms with Crippen LogP contribution in [0.4, 0.5) is 5.00 Å². The Balaban J connectivity index is 1.85. The molecule has 4 rings (SSSR count). The molecule has 0 amide bonds. The molecule has 0 unspecified atom stereocenters. The first kappa shape index (κ1) is 22.2. The molecule has 8 heteroatoms. The minimum absolute atomic E-state index is 0.153. The average Bonchev–Trinajstić information content (AvgIpc) is 3.48. The quantitative estimate of drug-likeness (QED) is 0.426. The summed E-state index contributed by atoms with van der Waals surface area (Å²) >= 11 is 1.74. The van der Waals surface area contributed by atoms with Crippen molar-refractivity contribution in [3.05, 3.63) is 52.2 Å². The lowest BCUT2D eigenvalue weighted by Crippen LogP contribution is -2.22. The van der Waals surface area contributed by atoms with Gasteiger partial charge >= 0.3 is 0 Å². The third kappa shape index (κ3) is 4.20. The van der Waals surface area contributed by atoms with E-state index >= 15 is 0 Å². The second kappa shape index (κ2) is 8.88. The number of fused-ring (bicyclic) bond motifs is 1. The number of likely N-dealkylation sites (N-methyl/N-ethyl adjacent to an activating group) is 1. The van der Waals surface area contributed by atoms with Gasteiger partial charge in [0.1, 0.15) is 5.75 Å². The van der Waals surface area contributed by atoms with E-state index in [1.54, 1.807) is 25.6 Å². The van der Waals surface area contributed by atoms with E-state index in [0.717, 1.165) is 39.3 Å². The molecule has 3 heterocycles. The van der Waals surface area contributed by atoms with Gasteiger partial charge in [0, 0.05) is 36.2 Å². The van der Waals surface area contributed by atoms with Crippen molar-refractivity contribution in [2.75, 3.05) is 39.3 Å². The summed E-state index contributed by atoms with van der Waals surface area (Å²) in [5.41, 5.74) is 2.45. The van der Waals surface area contributed by atoms with Gasteiger partial charge in [0.2, 0.25) is 0 Å². The van der Waals surface area contributed by atoms with Gasteiger partial charge in [-0.15, -0.1) is 21.5 Å². The van der Waals surface area contributed by atoms with Crippen LogP contribution in [0, 0.1) is 0 Å². The minimum atomic E-state index is -0.153. The van der Waals surface area contributed by atoms with Crippen LogP contribution in [0.2, 0.25) is 0 Å². The molecule has 3 aromatic heterocycles. The van der Waals surface area contributed by atoms with Crippen molar-refractivity contribution in [2.45, 2.75) is 26.2 Å². The highest BCUT2D eigenvalue weighted by Crippen LogP contribution is 2.30. The molecular formula is C24H29N5O2S. The van der Waals surface area contributed by atoms with Crippen molar-refractivity contribution < 1.29 is 9.47 Å². The van der Waals surface area contributed by atoms with Crippen LogP contribution in [-0.4, -0.2) is 54.2 Å². The van der Waals surface area contributed by atoms with E-state index in [-0.39, 0.29) is 5.41 Å². The largest absolute Gasteiger partial charge is 0.496 e. The Labute approximate surface area is 192 Å². The molecule has 0 saturated heterocycles. The number of para-hydroxylation sites is 1. The van der Waals surface area contributed by atoms with Gasteiger partial charge in [-0.1, -0.05) is 32.9 Å². The molecule has 0 bridgehead atoms. The fourth-order valence-electron chi connectivity index (χ4n) is 3.59. The van der Waals surface area contributed by atoms with E-state index in [1.807, 2.05) is 28.8 Å². The first-order chi connectivity index (χ1) is 15.3. The molecule has 0 N–H and O–H groups in total. The number of thiophene rings is 1. The molecule has 7 nitrogen and oxygen atoms in total. The normalized spacial score (nSPS) is 12.6. The number of hydrogen-bond donors (Lipinski definition) is 0. The summed E-state index contributed by atoms with van der Waals surface area (Å²) in [6.45, 7) is 8.04. The van der Waals surface area contributed by atoms with Crippen LogP contribution >= 0.6 is 11.3 Å². The molecule has 0 aliphatic rings. The summed E-state index contributed by atoms with van der Waals surface area (Å²) in [6.07, 6.45) is 2.17. The SMILES string of the molecule is COCCN(C)c1ccc(C=c2c(C(C)(C)C)nn3c(-c4ccccc4OC)nnc23)s1. The van der Waals surface area contributed by atoms with Crippen LogP contribution in [-0.2, 0) is 10.2 Å². The van der Waals surface area contributed by atoms with E-state index in [2.05, 4.69) is 61.1 Å². The molecule has 4 aromatic rings. The second-order valence-corrected chi connectivity index (χ2v) is 9.80. The standard InChI is InChI=1S/C24H29N5O2S/c1-24(2,3)21-18(15-16-11-12-20(32-16)28(4)13-14-30-5)23-26-25-22(29(23)27-21)17-9-7-8-10-19(17)31-6/h7-12,15H,13-14H2,1-6H3. The van der Waals surface area contributed by atoms with Crippen LogP contribution in [0.15, 0.2) is 36.4 Å². The van der Waals surface area contributed by atoms with Gasteiger partial charge in [0.05, 0.1) is 30.0 Å². The van der Waals surface area contributed by atoms with Crippen molar-refractivity contribution in [3.63, 3.8) is 0 Å². The molecule has 0 radical (unpaired) electrons. The zero-order chi connectivity index (χ0) is 22.9. The lowest BCUT2D eigenvalue weighted by Gasteiger charge is -2.15. The van der Waals surface area contributed by atoms with E-state index in [0.29, 0.717) is 12.4 Å². The third-order valence-electron chi connectivity index (χ3n) is 5.30. The maximum atomic E-state index is 5.54. The van der Waals surface area contributed by atoms with Crippen molar-refractivity contribution in [1.82, 2.24) is 19.8 Å². The van der Waals surface area contributed by atoms with Gasteiger partial charge < -0.3 is 14.4 Å². The Morgan fingerprint density at radius 3 is 2.59 bits per heavy atom. The molecule has 0 aliphatic heterocycles. The Morgan fingerprint density at radius 2 is 1.88 bits per heavy atom. The molecule has 0 spiro atoms. The monoisotopic (exact) mass is 451 g/mol. The molecule has 1 aromatic carbocycles. The van der Waals surface area contributed by atoms with E-state index < -0.39 is 0 Å². The number of ether oxygens (including phenoxy) is 2. The smallest absolute Gasteiger partial charge is 0.189 e. The Morgan fingerprint density at radius 1 is 1.09 bits per heavy atom. The van der Waals surface area contributed by atoms with Crippen LogP contribution in [0.25, 0.3) is 23.1 Å².